The maximum absolute atomic E-state index is 5.48. The SMILES string of the molecule is COc1ccc(C)cc1NC(CC(C)C)c1ccccc1. The highest BCUT2D eigenvalue weighted by Crippen LogP contribution is 2.32. The molecule has 2 aromatic carbocycles. The second-order valence-corrected chi connectivity index (χ2v) is 5.94. The molecule has 0 aliphatic rings. The van der Waals surface area contributed by atoms with Gasteiger partial charge < -0.3 is 10.1 Å². The quantitative estimate of drug-likeness (QED) is 0.786. The van der Waals surface area contributed by atoms with Crippen molar-refractivity contribution < 1.29 is 4.74 Å². The zero-order valence-corrected chi connectivity index (χ0v) is 13.4. The van der Waals surface area contributed by atoms with Crippen LogP contribution in [0.15, 0.2) is 48.5 Å². The van der Waals surface area contributed by atoms with Crippen LogP contribution in [0.1, 0.15) is 37.4 Å². The molecule has 0 heterocycles. The van der Waals surface area contributed by atoms with Crippen LogP contribution in [0.5, 0.6) is 5.75 Å². The summed E-state index contributed by atoms with van der Waals surface area (Å²) in [4.78, 5) is 0. The van der Waals surface area contributed by atoms with E-state index in [4.69, 9.17) is 4.74 Å². The first-order valence-electron chi connectivity index (χ1n) is 7.56. The van der Waals surface area contributed by atoms with Crippen molar-refractivity contribution in [2.45, 2.75) is 33.2 Å². The summed E-state index contributed by atoms with van der Waals surface area (Å²) in [6.45, 7) is 6.61. The van der Waals surface area contributed by atoms with Crippen LogP contribution >= 0.6 is 0 Å². The Morgan fingerprint density at radius 3 is 2.38 bits per heavy atom. The molecule has 21 heavy (non-hydrogen) atoms. The van der Waals surface area contributed by atoms with Gasteiger partial charge in [-0.1, -0.05) is 50.2 Å². The van der Waals surface area contributed by atoms with Gasteiger partial charge in [-0.3, -0.25) is 0 Å². The molecule has 2 nitrogen and oxygen atoms in total. The molecule has 1 atom stereocenters. The molecule has 2 heteroatoms. The third-order valence-corrected chi connectivity index (χ3v) is 3.59. The average molecular weight is 283 g/mol. The van der Waals surface area contributed by atoms with Gasteiger partial charge in [0, 0.05) is 0 Å². The first kappa shape index (κ1) is 15.4. The summed E-state index contributed by atoms with van der Waals surface area (Å²) in [5.74, 6) is 1.52. The lowest BCUT2D eigenvalue weighted by Crippen LogP contribution is -2.14. The predicted molar refractivity (Wildman–Crippen MR) is 90.0 cm³/mol. The van der Waals surface area contributed by atoms with Crippen LogP contribution in [0.25, 0.3) is 0 Å². The number of ether oxygens (including phenoxy) is 1. The first-order chi connectivity index (χ1) is 10.1. The molecule has 0 fully saturated rings. The molecule has 0 radical (unpaired) electrons. The van der Waals surface area contributed by atoms with Crippen LogP contribution in [-0.2, 0) is 0 Å². The third kappa shape index (κ3) is 4.25. The third-order valence-electron chi connectivity index (χ3n) is 3.59. The summed E-state index contributed by atoms with van der Waals surface area (Å²) in [5.41, 5.74) is 3.61. The predicted octanol–water partition coefficient (Wildman–Crippen LogP) is 5.20. The van der Waals surface area contributed by atoms with Crippen molar-refractivity contribution >= 4 is 5.69 Å². The van der Waals surface area contributed by atoms with Crippen LogP contribution in [-0.4, -0.2) is 7.11 Å². The summed E-state index contributed by atoms with van der Waals surface area (Å²) in [5, 5.41) is 3.66. The normalized spacial score (nSPS) is 12.2. The van der Waals surface area contributed by atoms with E-state index in [1.165, 1.54) is 11.1 Å². The van der Waals surface area contributed by atoms with E-state index >= 15 is 0 Å². The molecule has 0 spiro atoms. The second-order valence-electron chi connectivity index (χ2n) is 5.94. The van der Waals surface area contributed by atoms with E-state index < -0.39 is 0 Å². The van der Waals surface area contributed by atoms with Gasteiger partial charge in [-0.15, -0.1) is 0 Å². The van der Waals surface area contributed by atoms with Gasteiger partial charge in [0.15, 0.2) is 0 Å². The van der Waals surface area contributed by atoms with Crippen molar-refractivity contribution in [2.24, 2.45) is 5.92 Å². The number of methoxy groups -OCH3 is 1. The van der Waals surface area contributed by atoms with E-state index in [2.05, 4.69) is 68.6 Å². The van der Waals surface area contributed by atoms with Gasteiger partial charge in [0.25, 0.3) is 0 Å². The number of hydrogen-bond acceptors (Lipinski definition) is 2. The Hall–Kier alpha value is -1.96. The highest BCUT2D eigenvalue weighted by molar-refractivity contribution is 5.59. The van der Waals surface area contributed by atoms with E-state index in [0.29, 0.717) is 12.0 Å². The van der Waals surface area contributed by atoms with Crippen LogP contribution in [0.3, 0.4) is 0 Å². The minimum Gasteiger partial charge on any atom is -0.495 e. The van der Waals surface area contributed by atoms with E-state index in [9.17, 15) is 0 Å². The highest BCUT2D eigenvalue weighted by Gasteiger charge is 2.15. The molecule has 112 valence electrons. The summed E-state index contributed by atoms with van der Waals surface area (Å²) in [6, 6.07) is 17.2. The Labute approximate surface area is 128 Å². The van der Waals surface area contributed by atoms with E-state index in [0.717, 1.165) is 17.9 Å². The fraction of sp³-hybridized carbons (Fsp3) is 0.368. The Bertz CT molecular complexity index is 563. The van der Waals surface area contributed by atoms with Gasteiger partial charge in [0.2, 0.25) is 0 Å². The topological polar surface area (TPSA) is 21.3 Å². The molecular weight excluding hydrogens is 258 g/mol. The highest BCUT2D eigenvalue weighted by atomic mass is 16.5. The van der Waals surface area contributed by atoms with Crippen molar-refractivity contribution in [2.75, 3.05) is 12.4 Å². The summed E-state index contributed by atoms with van der Waals surface area (Å²) in [6.07, 6.45) is 1.08. The maximum atomic E-state index is 5.48. The number of aryl methyl sites for hydroxylation is 1. The van der Waals surface area contributed by atoms with Gasteiger partial charge in [-0.25, -0.2) is 0 Å². The average Bonchev–Trinajstić information content (AvgIpc) is 2.47. The minimum atomic E-state index is 0.293. The molecular formula is C19H25NO. The van der Waals surface area contributed by atoms with Crippen LogP contribution in [0.4, 0.5) is 5.69 Å². The molecule has 0 bridgehead atoms. The molecule has 0 amide bonds. The lowest BCUT2D eigenvalue weighted by atomic mass is 9.96. The largest absolute Gasteiger partial charge is 0.495 e. The minimum absolute atomic E-state index is 0.293. The van der Waals surface area contributed by atoms with Crippen LogP contribution in [0, 0.1) is 12.8 Å². The van der Waals surface area contributed by atoms with Crippen molar-refractivity contribution in [1.29, 1.82) is 0 Å². The first-order valence-corrected chi connectivity index (χ1v) is 7.56. The molecule has 1 N–H and O–H groups in total. The number of rotatable bonds is 6. The van der Waals surface area contributed by atoms with Crippen LogP contribution in [0.2, 0.25) is 0 Å². The van der Waals surface area contributed by atoms with Crippen molar-refractivity contribution in [3.63, 3.8) is 0 Å². The van der Waals surface area contributed by atoms with Crippen molar-refractivity contribution in [3.8, 4) is 5.75 Å². The molecule has 0 saturated carbocycles. The molecule has 0 aliphatic carbocycles. The zero-order valence-electron chi connectivity index (χ0n) is 13.4. The van der Waals surface area contributed by atoms with Gasteiger partial charge >= 0.3 is 0 Å². The number of hydrogen-bond donors (Lipinski definition) is 1. The van der Waals surface area contributed by atoms with E-state index in [1.54, 1.807) is 7.11 Å². The Morgan fingerprint density at radius 2 is 1.76 bits per heavy atom. The number of benzene rings is 2. The fourth-order valence-electron chi connectivity index (χ4n) is 2.56. The van der Waals surface area contributed by atoms with Crippen LogP contribution < -0.4 is 10.1 Å². The molecule has 0 aromatic heterocycles. The van der Waals surface area contributed by atoms with Gasteiger partial charge in [-0.2, -0.15) is 0 Å². The van der Waals surface area contributed by atoms with Gasteiger partial charge in [0.1, 0.15) is 5.75 Å². The van der Waals surface area contributed by atoms with Crippen molar-refractivity contribution in [3.05, 3.63) is 59.7 Å². The van der Waals surface area contributed by atoms with E-state index in [1.807, 2.05) is 6.07 Å². The van der Waals surface area contributed by atoms with Gasteiger partial charge in [-0.05, 0) is 42.5 Å². The van der Waals surface area contributed by atoms with Crippen molar-refractivity contribution in [1.82, 2.24) is 0 Å². The van der Waals surface area contributed by atoms with Gasteiger partial charge in [0.05, 0.1) is 18.8 Å². The molecule has 2 rings (SSSR count). The smallest absolute Gasteiger partial charge is 0.141 e. The fourth-order valence-corrected chi connectivity index (χ4v) is 2.56. The number of anilines is 1. The standard InChI is InChI=1S/C19H25NO/c1-14(2)12-17(16-8-6-5-7-9-16)20-18-13-15(3)10-11-19(18)21-4/h5-11,13-14,17,20H,12H2,1-4H3. The number of nitrogens with one attached hydrogen (secondary N) is 1. The Kier molecular flexibility index (Phi) is 5.26. The summed E-state index contributed by atoms with van der Waals surface area (Å²) < 4.78 is 5.48. The molecule has 2 aromatic rings. The summed E-state index contributed by atoms with van der Waals surface area (Å²) >= 11 is 0. The Morgan fingerprint density at radius 1 is 1.05 bits per heavy atom. The second kappa shape index (κ2) is 7.16. The summed E-state index contributed by atoms with van der Waals surface area (Å²) in [7, 11) is 1.72. The molecule has 0 saturated heterocycles. The zero-order chi connectivity index (χ0) is 15.2. The lowest BCUT2D eigenvalue weighted by molar-refractivity contribution is 0.415. The van der Waals surface area contributed by atoms with E-state index in [-0.39, 0.29) is 0 Å². The molecule has 1 unspecified atom stereocenters. The maximum Gasteiger partial charge on any atom is 0.141 e. The molecule has 0 aliphatic heterocycles. The Balaban J connectivity index is 2.29. The lowest BCUT2D eigenvalue weighted by Gasteiger charge is -2.23. The monoisotopic (exact) mass is 283 g/mol.